The Kier molecular flexibility index (Phi) is 6.26. The fourth-order valence-corrected chi connectivity index (χ4v) is 4.20. The molecule has 1 fully saturated rings. The van der Waals surface area contributed by atoms with Gasteiger partial charge in [-0.05, 0) is 67.6 Å². The number of amides is 2. The molecule has 2 aromatic rings. The fraction of sp³-hybridized carbons (Fsp3) is 0.360. The van der Waals surface area contributed by atoms with Gasteiger partial charge in [-0.15, -0.1) is 0 Å². The van der Waals surface area contributed by atoms with E-state index < -0.39 is 0 Å². The van der Waals surface area contributed by atoms with E-state index in [0.717, 1.165) is 18.8 Å². The molecule has 0 aromatic heterocycles. The molecule has 0 unspecified atom stereocenters. The molecule has 2 aliphatic heterocycles. The highest BCUT2D eigenvalue weighted by Gasteiger charge is 2.38. The van der Waals surface area contributed by atoms with Crippen LogP contribution >= 0.6 is 0 Å². The summed E-state index contributed by atoms with van der Waals surface area (Å²) in [6.45, 7) is 4.52. The zero-order valence-electron chi connectivity index (χ0n) is 18.2. The molecule has 2 aromatic carbocycles. The second-order valence-electron chi connectivity index (χ2n) is 7.96. The number of ether oxygens (including phenoxy) is 1. The van der Waals surface area contributed by atoms with E-state index >= 15 is 0 Å². The van der Waals surface area contributed by atoms with Gasteiger partial charge < -0.3 is 15.0 Å². The van der Waals surface area contributed by atoms with Crippen molar-refractivity contribution in [3.8, 4) is 5.75 Å². The lowest BCUT2D eigenvalue weighted by molar-refractivity contribution is -0.136. The molecular formula is C25H29N3O3. The van der Waals surface area contributed by atoms with Gasteiger partial charge in [-0.25, -0.2) is 0 Å². The summed E-state index contributed by atoms with van der Waals surface area (Å²) in [5, 5.41) is 3.23. The van der Waals surface area contributed by atoms with Gasteiger partial charge in [0, 0.05) is 31.0 Å². The first-order chi connectivity index (χ1) is 15.1. The second kappa shape index (κ2) is 9.25. The van der Waals surface area contributed by atoms with E-state index in [-0.39, 0.29) is 11.8 Å². The first kappa shape index (κ1) is 21.0. The molecule has 0 bridgehead atoms. The minimum absolute atomic E-state index is 0.260. The van der Waals surface area contributed by atoms with Gasteiger partial charge in [0.2, 0.25) is 0 Å². The summed E-state index contributed by atoms with van der Waals surface area (Å²) in [6, 6.07) is 15.3. The molecule has 162 valence electrons. The molecule has 6 heteroatoms. The maximum absolute atomic E-state index is 13.1. The molecule has 4 rings (SSSR count). The number of hydrogen-bond acceptors (Lipinski definition) is 5. The van der Waals surface area contributed by atoms with Crippen LogP contribution in [0.15, 0.2) is 54.2 Å². The van der Waals surface area contributed by atoms with Crippen molar-refractivity contribution >= 4 is 28.8 Å². The summed E-state index contributed by atoms with van der Waals surface area (Å²) in [7, 11) is 1.60. The average molecular weight is 420 g/mol. The maximum atomic E-state index is 13.1. The van der Waals surface area contributed by atoms with Crippen LogP contribution in [-0.2, 0) is 9.59 Å². The van der Waals surface area contributed by atoms with E-state index in [1.54, 1.807) is 19.2 Å². The molecular weight excluding hydrogens is 390 g/mol. The average Bonchev–Trinajstić information content (AvgIpc) is 3.05. The van der Waals surface area contributed by atoms with Crippen molar-refractivity contribution < 1.29 is 14.3 Å². The molecule has 6 nitrogen and oxygen atoms in total. The van der Waals surface area contributed by atoms with E-state index in [1.165, 1.54) is 29.8 Å². The van der Waals surface area contributed by atoms with Gasteiger partial charge in [-0.2, -0.15) is 0 Å². The molecule has 1 saturated heterocycles. The van der Waals surface area contributed by atoms with E-state index in [4.69, 9.17) is 4.74 Å². The van der Waals surface area contributed by atoms with Crippen LogP contribution < -0.4 is 15.0 Å². The van der Waals surface area contributed by atoms with Gasteiger partial charge in [0.25, 0.3) is 11.8 Å². The minimum Gasteiger partial charge on any atom is -0.497 e. The largest absolute Gasteiger partial charge is 0.497 e. The Labute approximate surface area is 183 Å². The topological polar surface area (TPSA) is 61.9 Å². The lowest BCUT2D eigenvalue weighted by atomic mass is 10.0. The molecule has 31 heavy (non-hydrogen) atoms. The highest BCUT2D eigenvalue weighted by atomic mass is 16.5. The molecule has 0 spiro atoms. The van der Waals surface area contributed by atoms with Gasteiger partial charge in [-0.3, -0.25) is 14.5 Å². The normalized spacial score (nSPS) is 16.8. The van der Waals surface area contributed by atoms with Gasteiger partial charge in [0.1, 0.15) is 11.4 Å². The predicted octanol–water partition coefficient (Wildman–Crippen LogP) is 4.29. The Bertz CT molecular complexity index is 974. The van der Waals surface area contributed by atoms with E-state index in [0.29, 0.717) is 35.5 Å². The highest BCUT2D eigenvalue weighted by Crippen LogP contribution is 2.32. The van der Waals surface area contributed by atoms with Gasteiger partial charge in [0.05, 0.1) is 12.7 Å². The number of carbonyl (C=O) groups excluding carboxylic acids is 2. The van der Waals surface area contributed by atoms with Crippen LogP contribution in [0.1, 0.15) is 38.2 Å². The van der Waals surface area contributed by atoms with E-state index in [2.05, 4.69) is 22.3 Å². The molecule has 2 amide bonds. The number of piperidine rings is 1. The molecule has 0 aliphatic carbocycles. The molecule has 2 aliphatic rings. The second-order valence-corrected chi connectivity index (χ2v) is 7.96. The smallest absolute Gasteiger partial charge is 0.278 e. The van der Waals surface area contributed by atoms with Crippen molar-refractivity contribution in [1.82, 2.24) is 4.90 Å². The quantitative estimate of drug-likeness (QED) is 0.679. The number of nitrogens with zero attached hydrogens (tertiary/aromatic N) is 2. The molecule has 1 N–H and O–H groups in total. The molecule has 0 atom stereocenters. The van der Waals surface area contributed by atoms with Crippen molar-refractivity contribution in [2.45, 2.75) is 32.6 Å². The summed E-state index contributed by atoms with van der Waals surface area (Å²) in [5.74, 6) is 0.163. The standard InChI is InChI=1S/C25H29N3O3/c1-3-15-28-24(29)22(18-7-13-21(31-2)14-8-18)23(25(28)30)26-19-9-11-20(12-10-19)27-16-5-4-6-17-27/h7-14,26H,3-6,15-17H2,1-2H3. The number of rotatable bonds is 7. The highest BCUT2D eigenvalue weighted by molar-refractivity contribution is 6.36. The predicted molar refractivity (Wildman–Crippen MR) is 123 cm³/mol. The lowest BCUT2D eigenvalue weighted by Gasteiger charge is -2.28. The monoisotopic (exact) mass is 419 g/mol. The van der Waals surface area contributed by atoms with Crippen molar-refractivity contribution in [1.29, 1.82) is 0 Å². The number of methoxy groups -OCH3 is 1. The third-order valence-electron chi connectivity index (χ3n) is 5.85. The third kappa shape index (κ3) is 4.29. The maximum Gasteiger partial charge on any atom is 0.278 e. The van der Waals surface area contributed by atoms with Gasteiger partial charge in [-0.1, -0.05) is 19.1 Å². The van der Waals surface area contributed by atoms with Crippen LogP contribution in [0.4, 0.5) is 11.4 Å². The Morgan fingerprint density at radius 2 is 1.58 bits per heavy atom. The van der Waals surface area contributed by atoms with Gasteiger partial charge in [0.15, 0.2) is 0 Å². The van der Waals surface area contributed by atoms with Crippen molar-refractivity contribution in [3.05, 3.63) is 59.8 Å². The Hall–Kier alpha value is -3.28. The number of anilines is 2. The van der Waals surface area contributed by atoms with Crippen LogP contribution in [0, 0.1) is 0 Å². The number of imide groups is 1. The first-order valence-electron chi connectivity index (χ1n) is 11.0. The summed E-state index contributed by atoms with van der Waals surface area (Å²) in [5.41, 5.74) is 3.41. The SMILES string of the molecule is CCCN1C(=O)C(Nc2ccc(N3CCCCC3)cc2)=C(c2ccc(OC)cc2)C1=O. The fourth-order valence-electron chi connectivity index (χ4n) is 4.20. The van der Waals surface area contributed by atoms with Crippen LogP contribution in [-0.4, -0.2) is 43.5 Å². The molecule has 0 radical (unpaired) electrons. The lowest BCUT2D eigenvalue weighted by Crippen LogP contribution is -2.33. The Balaban J connectivity index is 1.63. The summed E-state index contributed by atoms with van der Waals surface area (Å²) >= 11 is 0. The zero-order valence-corrected chi connectivity index (χ0v) is 18.2. The van der Waals surface area contributed by atoms with Crippen LogP contribution in [0.25, 0.3) is 5.57 Å². The number of carbonyl (C=O) groups is 2. The summed E-state index contributed by atoms with van der Waals surface area (Å²) < 4.78 is 5.23. The first-order valence-corrected chi connectivity index (χ1v) is 11.0. The van der Waals surface area contributed by atoms with Crippen LogP contribution in [0.5, 0.6) is 5.75 Å². The summed E-state index contributed by atoms with van der Waals surface area (Å²) in [4.78, 5) is 29.9. The van der Waals surface area contributed by atoms with E-state index in [9.17, 15) is 9.59 Å². The summed E-state index contributed by atoms with van der Waals surface area (Å²) in [6.07, 6.45) is 4.46. The number of hydrogen-bond donors (Lipinski definition) is 1. The number of benzene rings is 2. The Morgan fingerprint density at radius 3 is 2.19 bits per heavy atom. The Morgan fingerprint density at radius 1 is 0.903 bits per heavy atom. The van der Waals surface area contributed by atoms with E-state index in [1.807, 2.05) is 31.2 Å². The van der Waals surface area contributed by atoms with Crippen LogP contribution in [0.2, 0.25) is 0 Å². The minimum atomic E-state index is -0.280. The molecule has 0 saturated carbocycles. The molecule has 2 heterocycles. The third-order valence-corrected chi connectivity index (χ3v) is 5.85. The van der Waals surface area contributed by atoms with Gasteiger partial charge >= 0.3 is 0 Å². The van der Waals surface area contributed by atoms with Crippen molar-refractivity contribution in [2.24, 2.45) is 0 Å². The van der Waals surface area contributed by atoms with Crippen LogP contribution in [0.3, 0.4) is 0 Å². The zero-order chi connectivity index (χ0) is 21.8. The van der Waals surface area contributed by atoms with Crippen molar-refractivity contribution in [2.75, 3.05) is 37.0 Å². The number of nitrogens with one attached hydrogen (secondary N) is 1. The van der Waals surface area contributed by atoms with Crippen molar-refractivity contribution in [3.63, 3.8) is 0 Å².